The summed E-state index contributed by atoms with van der Waals surface area (Å²) in [5, 5.41) is 18.5. The Kier molecular flexibility index (Phi) is 21.4. The zero-order valence-corrected chi connectivity index (χ0v) is 36.8. The maximum Gasteiger partial charge on any atom is 0.279 e. The Morgan fingerprint density at radius 2 is 1.32 bits per heavy atom. The Balaban J connectivity index is 2.25. The number of aliphatic hydroxyl groups excluding tert-OH is 1. The number of nitrogens with one attached hydrogen (secondary N) is 3. The van der Waals surface area contributed by atoms with Crippen molar-refractivity contribution >= 4 is 53.0 Å². The molecule has 0 spiro atoms. The number of ketones is 4. The van der Waals surface area contributed by atoms with Gasteiger partial charge in [-0.2, -0.15) is 0 Å². The van der Waals surface area contributed by atoms with E-state index in [4.69, 9.17) is 5.73 Å². The lowest BCUT2D eigenvalue weighted by Crippen LogP contribution is -2.70. The first-order chi connectivity index (χ1) is 28.1. The van der Waals surface area contributed by atoms with Crippen LogP contribution in [0.5, 0.6) is 0 Å². The number of aliphatic hydroxyl groups is 1. The number of primary amides is 1. The van der Waals surface area contributed by atoms with Crippen molar-refractivity contribution in [3.63, 3.8) is 0 Å². The predicted octanol–water partition coefficient (Wildman–Crippen LogP) is 2.28. The standard InChI is InChI=1S/C45H68N6O9/c1-25(2)18-35(37(54)21-32(29(8)53)19-30-13-11-28(7)12-14-30)49-43(58)31(15-16-40(46)57)20-39(56)42(27(5)6)51-44(59)33(24-52)22-38(55)36(23-34-10-9-17-48-34)50-45(60)41(47)26(3)4/h10-14,17,25-27,31-33,35-36,41-42,52H,9,15-16,18-24,47H2,1-8H3,(H2,46,57)(H,49,58)(H,50,60)(H,51,59)/p+1. The van der Waals surface area contributed by atoms with Crippen molar-refractivity contribution in [1.82, 2.24) is 16.0 Å². The summed E-state index contributed by atoms with van der Waals surface area (Å²) in [6.45, 7) is 13.5. The molecular formula is C45H69N6O9+. The molecule has 332 valence electrons. The molecule has 1 aromatic rings. The van der Waals surface area contributed by atoms with Crippen molar-refractivity contribution in [2.24, 2.45) is 46.2 Å². The maximum atomic E-state index is 13.9. The van der Waals surface area contributed by atoms with Gasteiger partial charge in [0.05, 0.1) is 30.7 Å². The number of carbonyl (C=O) groups excluding carboxylic acids is 8. The summed E-state index contributed by atoms with van der Waals surface area (Å²) < 4.78 is 0. The topological polar surface area (TPSA) is 259 Å². The van der Waals surface area contributed by atoms with Crippen molar-refractivity contribution in [1.29, 1.82) is 0 Å². The van der Waals surface area contributed by atoms with Crippen LogP contribution < -0.4 is 27.4 Å². The lowest BCUT2D eigenvalue weighted by atomic mass is 9.86. The molecule has 1 aromatic carbocycles. The van der Waals surface area contributed by atoms with Gasteiger partial charge in [-0.3, -0.25) is 43.3 Å². The molecule has 0 radical (unpaired) electrons. The Hall–Kier alpha value is -4.89. The molecule has 7 unspecified atom stereocenters. The third-order valence-electron chi connectivity index (χ3n) is 10.9. The zero-order valence-electron chi connectivity index (χ0n) is 36.8. The van der Waals surface area contributed by atoms with E-state index in [0.29, 0.717) is 18.5 Å². The van der Waals surface area contributed by atoms with Gasteiger partial charge in [0.25, 0.3) is 5.91 Å². The Morgan fingerprint density at radius 1 is 0.750 bits per heavy atom. The molecule has 0 saturated carbocycles. The van der Waals surface area contributed by atoms with E-state index in [2.05, 4.69) is 26.7 Å². The van der Waals surface area contributed by atoms with Crippen LogP contribution in [-0.4, -0.2) is 88.9 Å². The molecule has 9 N–H and O–H groups in total. The molecule has 0 aliphatic carbocycles. The summed E-state index contributed by atoms with van der Waals surface area (Å²) in [6, 6.07) is 3.90. The van der Waals surface area contributed by atoms with Gasteiger partial charge in [0.2, 0.25) is 17.7 Å². The zero-order chi connectivity index (χ0) is 45.3. The minimum atomic E-state index is -1.27. The van der Waals surface area contributed by atoms with Gasteiger partial charge >= 0.3 is 0 Å². The first-order valence-corrected chi connectivity index (χ1v) is 21.1. The van der Waals surface area contributed by atoms with Gasteiger partial charge in [-0.1, -0.05) is 77.4 Å². The van der Waals surface area contributed by atoms with Gasteiger partial charge in [0.1, 0.15) is 5.78 Å². The molecule has 7 atom stereocenters. The van der Waals surface area contributed by atoms with Crippen LogP contribution in [0.2, 0.25) is 0 Å². The fourth-order valence-electron chi connectivity index (χ4n) is 6.90. The van der Waals surface area contributed by atoms with E-state index in [1.807, 2.05) is 65.0 Å². The number of aryl methyl sites for hydroxylation is 1. The Morgan fingerprint density at radius 3 is 1.83 bits per heavy atom. The molecule has 1 heterocycles. The van der Waals surface area contributed by atoms with Gasteiger partial charge < -0.3 is 32.5 Å². The number of Topliss-reactive ketones (excluding diaryl/α,β-unsaturated/α-hetero) is 4. The molecule has 15 heteroatoms. The number of benzene rings is 1. The van der Waals surface area contributed by atoms with E-state index in [-0.39, 0.29) is 55.5 Å². The number of quaternary nitrogens is 1. The van der Waals surface area contributed by atoms with Crippen LogP contribution in [0.15, 0.2) is 41.0 Å². The largest absolute Gasteiger partial charge is 0.396 e. The van der Waals surface area contributed by atoms with Crippen LogP contribution in [0, 0.1) is 42.4 Å². The van der Waals surface area contributed by atoms with Crippen LogP contribution in [0.4, 0.5) is 0 Å². The molecule has 60 heavy (non-hydrogen) atoms. The van der Waals surface area contributed by atoms with E-state index in [9.17, 15) is 43.5 Å². The molecule has 0 saturated heterocycles. The van der Waals surface area contributed by atoms with E-state index in [1.165, 1.54) is 6.92 Å². The molecule has 0 aromatic heterocycles. The third kappa shape index (κ3) is 17.4. The number of amides is 4. The number of nitrogens with two attached hydrogens (primary N) is 1. The number of nitrogens with zero attached hydrogens (tertiary/aromatic N) is 1. The quantitative estimate of drug-likeness (QED) is 0.0723. The summed E-state index contributed by atoms with van der Waals surface area (Å²) >= 11 is 0. The number of hydrogen-bond acceptors (Lipinski definition) is 10. The van der Waals surface area contributed by atoms with Crippen molar-refractivity contribution in [3.8, 4) is 0 Å². The summed E-state index contributed by atoms with van der Waals surface area (Å²) in [5.74, 6) is -7.69. The predicted molar refractivity (Wildman–Crippen MR) is 228 cm³/mol. The van der Waals surface area contributed by atoms with Crippen LogP contribution in [0.3, 0.4) is 0 Å². The lowest BCUT2D eigenvalue weighted by molar-refractivity contribution is -0.414. The number of hydrogen-bond donors (Lipinski definition) is 6. The average molecular weight is 838 g/mol. The number of rotatable bonds is 28. The molecule has 0 fully saturated rings. The van der Waals surface area contributed by atoms with Crippen molar-refractivity contribution in [2.45, 2.75) is 137 Å². The Labute approximate surface area is 354 Å². The molecular weight excluding hydrogens is 769 g/mol. The first kappa shape index (κ1) is 51.3. The highest BCUT2D eigenvalue weighted by molar-refractivity contribution is 5.97. The third-order valence-corrected chi connectivity index (χ3v) is 10.9. The summed E-state index contributed by atoms with van der Waals surface area (Å²) in [5.41, 5.74) is 11.9. The first-order valence-electron chi connectivity index (χ1n) is 21.1. The molecule has 2 rings (SSSR count). The van der Waals surface area contributed by atoms with Crippen LogP contribution >= 0.6 is 0 Å². The normalized spacial score (nSPS) is 16.0. The van der Waals surface area contributed by atoms with Crippen LogP contribution in [0.25, 0.3) is 0 Å². The summed E-state index contributed by atoms with van der Waals surface area (Å²) in [6.07, 6.45) is 3.49. The number of carbonyl (C=O) groups is 8. The van der Waals surface area contributed by atoms with E-state index >= 15 is 0 Å². The van der Waals surface area contributed by atoms with Crippen molar-refractivity contribution in [3.05, 3.63) is 47.2 Å². The monoisotopic (exact) mass is 838 g/mol. The minimum Gasteiger partial charge on any atom is -0.396 e. The van der Waals surface area contributed by atoms with E-state index < -0.39 is 102 Å². The van der Waals surface area contributed by atoms with Crippen LogP contribution in [-0.2, 0) is 44.8 Å². The van der Waals surface area contributed by atoms with Gasteiger partial charge in [-0.15, -0.1) is 0 Å². The van der Waals surface area contributed by atoms with Gasteiger partial charge in [0.15, 0.2) is 23.4 Å². The molecule has 0 bridgehead atoms. The Bertz CT molecular complexity index is 1740. The SMILES string of the molecule is CC(=O)C(CC(=O)C(CC(C)C)NC(=O)C(CCC(N)=O)CC(=O)C(NC(=O)C(CO)CC(=O)C(CC1=CCC=N1)NC(=O)C([NH3+])C(C)C)C(C)C)Cc1ccc(C)cc1. The number of aliphatic imine (C=N–C) groups is 1. The van der Waals surface area contributed by atoms with E-state index in [0.717, 1.165) is 11.1 Å². The fraction of sp³-hybridized carbons (Fsp3) is 0.622. The summed E-state index contributed by atoms with van der Waals surface area (Å²) in [7, 11) is 0. The average Bonchev–Trinajstić information content (AvgIpc) is 3.69. The second-order valence-corrected chi connectivity index (χ2v) is 17.4. The highest BCUT2D eigenvalue weighted by Gasteiger charge is 2.36. The summed E-state index contributed by atoms with van der Waals surface area (Å²) in [4.78, 5) is 111. The van der Waals surface area contributed by atoms with Gasteiger partial charge in [0, 0.05) is 68.2 Å². The van der Waals surface area contributed by atoms with Gasteiger partial charge in [-0.05, 0) is 50.5 Å². The van der Waals surface area contributed by atoms with Crippen LogP contribution in [0.1, 0.15) is 111 Å². The molecule has 15 nitrogen and oxygen atoms in total. The second kappa shape index (κ2) is 25.0. The molecule has 1 aliphatic heterocycles. The smallest absolute Gasteiger partial charge is 0.279 e. The fourth-order valence-corrected chi connectivity index (χ4v) is 6.90. The van der Waals surface area contributed by atoms with E-state index in [1.54, 1.807) is 20.1 Å². The minimum absolute atomic E-state index is 0.0230. The highest BCUT2D eigenvalue weighted by atomic mass is 16.3. The molecule has 1 aliphatic rings. The van der Waals surface area contributed by atoms with Crippen molar-refractivity contribution in [2.75, 3.05) is 6.61 Å². The maximum absolute atomic E-state index is 13.9. The second-order valence-electron chi connectivity index (χ2n) is 17.4. The lowest BCUT2D eigenvalue weighted by Gasteiger charge is -2.27. The molecule has 4 amide bonds. The highest BCUT2D eigenvalue weighted by Crippen LogP contribution is 2.22. The van der Waals surface area contributed by atoms with Crippen molar-refractivity contribution < 1.29 is 49.2 Å². The van der Waals surface area contributed by atoms with Gasteiger partial charge in [-0.25, -0.2) is 0 Å². The number of allylic oxidation sites excluding steroid dienone is 1.